The first kappa shape index (κ1) is 18.3. The van der Waals surface area contributed by atoms with Crippen LogP contribution in [0, 0.1) is 13.8 Å². The van der Waals surface area contributed by atoms with Crippen molar-refractivity contribution in [1.29, 1.82) is 0 Å². The summed E-state index contributed by atoms with van der Waals surface area (Å²) in [5.74, 6) is 1.48. The average molecular weight is 379 g/mol. The number of nitrogens with one attached hydrogen (secondary N) is 2. The molecule has 0 saturated carbocycles. The van der Waals surface area contributed by atoms with Gasteiger partial charge >= 0.3 is 0 Å². The van der Waals surface area contributed by atoms with Crippen LogP contribution in [0.1, 0.15) is 31.5 Å². The molecule has 0 unspecified atom stereocenters. The molecule has 1 aromatic carbocycles. The highest BCUT2D eigenvalue weighted by molar-refractivity contribution is 7.89. The molecule has 2 aromatic rings. The molecule has 0 saturated heterocycles. The number of nitrogens with zero attached hydrogens (tertiary/aromatic N) is 3. The number of amides is 1. The van der Waals surface area contributed by atoms with Gasteiger partial charge in [-0.25, -0.2) is 22.8 Å². The van der Waals surface area contributed by atoms with Crippen LogP contribution in [0.3, 0.4) is 0 Å². The minimum Gasteiger partial charge on any atom is -0.479 e. The van der Waals surface area contributed by atoms with E-state index in [4.69, 9.17) is 4.74 Å². The first-order valence-corrected chi connectivity index (χ1v) is 9.66. The van der Waals surface area contributed by atoms with E-state index in [0.717, 1.165) is 5.82 Å². The molecule has 1 aliphatic rings. The third-order valence-corrected chi connectivity index (χ3v) is 5.51. The van der Waals surface area contributed by atoms with E-state index in [0.29, 0.717) is 17.3 Å². The fourth-order valence-corrected chi connectivity index (χ4v) is 3.86. The van der Waals surface area contributed by atoms with Crippen molar-refractivity contribution >= 4 is 21.6 Å². The highest BCUT2D eigenvalue weighted by Gasteiger charge is 2.26. The summed E-state index contributed by atoms with van der Waals surface area (Å²) in [6, 6.07) is 4.17. The van der Waals surface area contributed by atoms with Gasteiger partial charge in [0.05, 0.1) is 16.6 Å². The fraction of sp³-hybridized carbons (Fsp3) is 0.438. The van der Waals surface area contributed by atoms with Crippen molar-refractivity contribution in [3.63, 3.8) is 0 Å². The Kier molecular flexibility index (Phi) is 4.72. The summed E-state index contributed by atoms with van der Waals surface area (Å²) in [6.07, 6.45) is -0.613. The number of hydrogen-bond acceptors (Lipinski definition) is 6. The molecule has 2 atom stereocenters. The Bertz CT molecular complexity index is 954. The van der Waals surface area contributed by atoms with Crippen molar-refractivity contribution in [3.8, 4) is 5.75 Å². The quantitative estimate of drug-likeness (QED) is 0.805. The topological polar surface area (TPSA) is 115 Å². The summed E-state index contributed by atoms with van der Waals surface area (Å²) >= 11 is 0. The molecule has 3 rings (SSSR count). The number of ether oxygens (including phenoxy) is 1. The zero-order valence-electron chi connectivity index (χ0n) is 15.0. The summed E-state index contributed by atoms with van der Waals surface area (Å²) in [5.41, 5.74) is 0.340. The molecule has 0 spiro atoms. The Morgan fingerprint density at radius 1 is 1.38 bits per heavy atom. The first-order valence-electron chi connectivity index (χ1n) is 8.18. The molecule has 140 valence electrons. The SMILES string of the molecule is Cc1nc(C)n([C@H](C)CNS(=O)(=O)c2ccc3c(c2)NC(=O)[C@@H](C)O3)n1. The molecule has 0 radical (unpaired) electrons. The van der Waals surface area contributed by atoms with Gasteiger partial charge in [0, 0.05) is 6.54 Å². The van der Waals surface area contributed by atoms with Crippen LogP contribution >= 0.6 is 0 Å². The highest BCUT2D eigenvalue weighted by atomic mass is 32.2. The molecule has 1 amide bonds. The van der Waals surface area contributed by atoms with Crippen LogP contribution in [0.4, 0.5) is 5.69 Å². The normalized spacial score (nSPS) is 18.0. The summed E-state index contributed by atoms with van der Waals surface area (Å²) in [7, 11) is -3.75. The van der Waals surface area contributed by atoms with Gasteiger partial charge in [0.15, 0.2) is 6.10 Å². The van der Waals surface area contributed by atoms with Crippen molar-refractivity contribution in [2.75, 3.05) is 11.9 Å². The number of fused-ring (bicyclic) bond motifs is 1. The van der Waals surface area contributed by atoms with E-state index in [1.165, 1.54) is 18.2 Å². The summed E-state index contributed by atoms with van der Waals surface area (Å²) < 4.78 is 34.8. The number of anilines is 1. The van der Waals surface area contributed by atoms with Crippen molar-refractivity contribution < 1.29 is 17.9 Å². The van der Waals surface area contributed by atoms with Crippen LogP contribution in [-0.4, -0.2) is 41.7 Å². The Hall–Kier alpha value is -2.46. The van der Waals surface area contributed by atoms with E-state index in [1.807, 2.05) is 13.8 Å². The van der Waals surface area contributed by atoms with Crippen LogP contribution in [-0.2, 0) is 14.8 Å². The van der Waals surface area contributed by atoms with Crippen LogP contribution in [0.15, 0.2) is 23.1 Å². The second-order valence-corrected chi connectivity index (χ2v) is 8.03. The Morgan fingerprint density at radius 2 is 2.12 bits per heavy atom. The number of carbonyl (C=O) groups excluding carboxylic acids is 1. The number of benzene rings is 1. The lowest BCUT2D eigenvalue weighted by Gasteiger charge is -2.23. The molecular formula is C16H21N5O4S. The molecular weight excluding hydrogens is 358 g/mol. The molecule has 10 heteroatoms. The van der Waals surface area contributed by atoms with Gasteiger partial charge in [-0.3, -0.25) is 4.79 Å². The monoisotopic (exact) mass is 379 g/mol. The Labute approximate surface area is 151 Å². The second-order valence-electron chi connectivity index (χ2n) is 6.26. The Morgan fingerprint density at radius 3 is 2.77 bits per heavy atom. The third kappa shape index (κ3) is 3.56. The summed E-state index contributed by atoms with van der Waals surface area (Å²) in [5, 5.41) is 6.91. The summed E-state index contributed by atoms with van der Waals surface area (Å²) in [4.78, 5) is 16.0. The number of aromatic nitrogens is 3. The predicted molar refractivity (Wildman–Crippen MR) is 94.6 cm³/mol. The maximum Gasteiger partial charge on any atom is 0.265 e. The lowest BCUT2D eigenvalue weighted by Crippen LogP contribution is -2.35. The molecule has 0 fully saturated rings. The molecule has 0 bridgehead atoms. The molecule has 26 heavy (non-hydrogen) atoms. The van der Waals surface area contributed by atoms with E-state index in [9.17, 15) is 13.2 Å². The van der Waals surface area contributed by atoms with E-state index in [-0.39, 0.29) is 23.4 Å². The van der Waals surface area contributed by atoms with Crippen molar-refractivity contribution in [2.24, 2.45) is 0 Å². The van der Waals surface area contributed by atoms with Gasteiger partial charge in [-0.15, -0.1) is 0 Å². The number of sulfonamides is 1. The molecule has 0 aliphatic carbocycles. The van der Waals surface area contributed by atoms with Crippen molar-refractivity contribution in [2.45, 2.75) is 44.7 Å². The molecule has 9 nitrogen and oxygen atoms in total. The minimum atomic E-state index is -3.75. The van der Waals surface area contributed by atoms with Gasteiger partial charge in [-0.2, -0.15) is 5.10 Å². The lowest BCUT2D eigenvalue weighted by molar-refractivity contribution is -0.122. The van der Waals surface area contributed by atoms with Gasteiger partial charge in [0.1, 0.15) is 17.4 Å². The summed E-state index contributed by atoms with van der Waals surface area (Å²) in [6.45, 7) is 7.23. The van der Waals surface area contributed by atoms with Crippen molar-refractivity contribution in [1.82, 2.24) is 19.5 Å². The molecule has 1 aliphatic heterocycles. The zero-order chi connectivity index (χ0) is 19.1. The highest BCUT2D eigenvalue weighted by Crippen LogP contribution is 2.31. The number of rotatable bonds is 5. The Balaban J connectivity index is 1.75. The lowest BCUT2D eigenvalue weighted by atomic mass is 10.2. The maximum atomic E-state index is 12.6. The molecule has 2 N–H and O–H groups in total. The smallest absolute Gasteiger partial charge is 0.265 e. The van der Waals surface area contributed by atoms with Gasteiger partial charge in [0.2, 0.25) is 10.0 Å². The van der Waals surface area contributed by atoms with Gasteiger partial charge in [0.25, 0.3) is 5.91 Å². The standard InChI is InChI=1S/C16H21N5O4S/c1-9(21-12(4)18-11(3)20-21)8-17-26(23,24)13-5-6-15-14(7-13)19-16(22)10(2)25-15/h5-7,9-10,17H,8H2,1-4H3,(H,19,22)/t9-,10-/m1/s1. The zero-order valence-corrected chi connectivity index (χ0v) is 15.8. The number of aryl methyl sites for hydroxylation is 2. The molecule has 1 aromatic heterocycles. The predicted octanol–water partition coefficient (Wildman–Crippen LogP) is 1.15. The van der Waals surface area contributed by atoms with Crippen molar-refractivity contribution in [3.05, 3.63) is 29.8 Å². The van der Waals surface area contributed by atoms with E-state index >= 15 is 0 Å². The third-order valence-electron chi connectivity index (χ3n) is 4.09. The second kappa shape index (κ2) is 6.69. The maximum absolute atomic E-state index is 12.6. The van der Waals surface area contributed by atoms with Crippen LogP contribution in [0.2, 0.25) is 0 Å². The van der Waals surface area contributed by atoms with E-state index < -0.39 is 16.1 Å². The van der Waals surface area contributed by atoms with Gasteiger partial charge in [-0.1, -0.05) is 0 Å². The number of carbonyl (C=O) groups is 1. The van der Waals surface area contributed by atoms with Gasteiger partial charge < -0.3 is 10.1 Å². The number of hydrogen-bond donors (Lipinski definition) is 2. The van der Waals surface area contributed by atoms with Crippen LogP contribution < -0.4 is 14.8 Å². The van der Waals surface area contributed by atoms with Crippen LogP contribution in [0.25, 0.3) is 0 Å². The van der Waals surface area contributed by atoms with E-state index in [2.05, 4.69) is 20.1 Å². The molecule has 2 heterocycles. The first-order chi connectivity index (χ1) is 12.2. The fourth-order valence-electron chi connectivity index (χ4n) is 2.71. The largest absolute Gasteiger partial charge is 0.479 e. The van der Waals surface area contributed by atoms with Crippen LogP contribution in [0.5, 0.6) is 5.75 Å². The van der Waals surface area contributed by atoms with Gasteiger partial charge in [-0.05, 0) is 45.9 Å². The van der Waals surface area contributed by atoms with E-state index in [1.54, 1.807) is 18.5 Å². The minimum absolute atomic E-state index is 0.0494. The average Bonchev–Trinajstić information content (AvgIpc) is 2.92.